The van der Waals surface area contributed by atoms with Crippen LogP contribution in [0.1, 0.15) is 57.6 Å². The molecule has 2 aromatic rings. The van der Waals surface area contributed by atoms with Gasteiger partial charge in [0.15, 0.2) is 0 Å². The van der Waals surface area contributed by atoms with E-state index in [4.69, 9.17) is 4.74 Å². The second-order valence-electron chi connectivity index (χ2n) is 9.88. The zero-order chi connectivity index (χ0) is 21.2. The van der Waals surface area contributed by atoms with Gasteiger partial charge in [0.05, 0.1) is 0 Å². The van der Waals surface area contributed by atoms with E-state index < -0.39 is 0 Å². The molecular formula is C26H34N2O2. The molecule has 0 radical (unpaired) electrons. The summed E-state index contributed by atoms with van der Waals surface area (Å²) < 4.78 is 6.09. The molecule has 30 heavy (non-hydrogen) atoms. The van der Waals surface area contributed by atoms with Crippen LogP contribution < -0.4 is 0 Å². The highest BCUT2D eigenvalue weighted by Gasteiger charge is 2.51. The molecule has 1 amide bonds. The van der Waals surface area contributed by atoms with Crippen molar-refractivity contribution in [3.63, 3.8) is 0 Å². The molecule has 160 valence electrons. The lowest BCUT2D eigenvalue weighted by atomic mass is 9.97. The Bertz CT molecular complexity index is 840. The minimum absolute atomic E-state index is 0.0481. The van der Waals surface area contributed by atoms with Crippen LogP contribution in [0.3, 0.4) is 0 Å². The Morgan fingerprint density at radius 1 is 1.00 bits per heavy atom. The monoisotopic (exact) mass is 406 g/mol. The van der Waals surface area contributed by atoms with Crippen LogP contribution in [0.15, 0.2) is 60.7 Å². The lowest BCUT2D eigenvalue weighted by Gasteiger charge is -2.41. The summed E-state index contributed by atoms with van der Waals surface area (Å²) in [7, 11) is 0. The first-order valence-electron chi connectivity index (χ1n) is 11.2. The minimum atomic E-state index is -0.303. The van der Waals surface area contributed by atoms with Gasteiger partial charge in [0, 0.05) is 30.7 Å². The Labute approximate surface area is 180 Å². The number of benzene rings is 2. The number of likely N-dealkylation sites (tertiary alicyclic amines) is 1. The zero-order valence-corrected chi connectivity index (χ0v) is 18.5. The SMILES string of the molecule is CC(C)(C)N(Cc1ccccc1)C(=O)O[C@H]1CCC2(CC2)N(Cc2ccccc2)C1. The summed E-state index contributed by atoms with van der Waals surface area (Å²) in [5.74, 6) is 0. The third kappa shape index (κ3) is 4.86. The standard InChI is InChI=1S/C26H34N2O2/c1-25(2,3)28(19-22-12-8-5-9-13-22)24(29)30-23-14-15-26(16-17-26)27(20-23)18-21-10-6-4-7-11-21/h4-13,23H,14-20H2,1-3H3/t23-/m0/s1. The third-order valence-electron chi connectivity index (χ3n) is 6.55. The second-order valence-corrected chi connectivity index (χ2v) is 9.88. The van der Waals surface area contributed by atoms with Crippen molar-refractivity contribution in [3.8, 4) is 0 Å². The van der Waals surface area contributed by atoms with Gasteiger partial charge in [-0.2, -0.15) is 0 Å². The first kappa shape index (κ1) is 20.9. The average molecular weight is 407 g/mol. The van der Waals surface area contributed by atoms with E-state index in [1.54, 1.807) is 0 Å². The molecule has 0 unspecified atom stereocenters. The van der Waals surface area contributed by atoms with Crippen molar-refractivity contribution in [2.24, 2.45) is 0 Å². The molecule has 4 rings (SSSR count). The molecule has 0 N–H and O–H groups in total. The highest BCUT2D eigenvalue weighted by Crippen LogP contribution is 2.49. The molecule has 2 aliphatic rings. The number of hydrogen-bond acceptors (Lipinski definition) is 3. The Hall–Kier alpha value is -2.33. The van der Waals surface area contributed by atoms with Crippen molar-refractivity contribution >= 4 is 6.09 Å². The zero-order valence-electron chi connectivity index (χ0n) is 18.5. The molecule has 2 fully saturated rings. The summed E-state index contributed by atoms with van der Waals surface area (Å²) >= 11 is 0. The third-order valence-corrected chi connectivity index (χ3v) is 6.55. The van der Waals surface area contributed by atoms with Crippen molar-refractivity contribution in [1.82, 2.24) is 9.80 Å². The molecule has 1 aliphatic heterocycles. The fourth-order valence-corrected chi connectivity index (χ4v) is 4.51. The number of ether oxygens (including phenoxy) is 1. The van der Waals surface area contributed by atoms with E-state index >= 15 is 0 Å². The number of carbonyl (C=O) groups excluding carboxylic acids is 1. The van der Waals surface area contributed by atoms with Crippen LogP contribution in [0, 0.1) is 0 Å². The van der Waals surface area contributed by atoms with Crippen LogP contribution in [0.4, 0.5) is 4.79 Å². The highest BCUT2D eigenvalue weighted by molar-refractivity contribution is 5.69. The van der Waals surface area contributed by atoms with Crippen molar-refractivity contribution < 1.29 is 9.53 Å². The Balaban J connectivity index is 1.42. The summed E-state index contributed by atoms with van der Waals surface area (Å²) in [5.41, 5.74) is 2.49. The summed E-state index contributed by atoms with van der Waals surface area (Å²) in [5, 5.41) is 0. The highest BCUT2D eigenvalue weighted by atomic mass is 16.6. The molecular weight excluding hydrogens is 372 g/mol. The van der Waals surface area contributed by atoms with Gasteiger partial charge in [-0.3, -0.25) is 9.80 Å². The van der Waals surface area contributed by atoms with Crippen molar-refractivity contribution in [3.05, 3.63) is 71.8 Å². The van der Waals surface area contributed by atoms with Gasteiger partial charge in [0.2, 0.25) is 0 Å². The topological polar surface area (TPSA) is 32.8 Å². The number of amides is 1. The summed E-state index contributed by atoms with van der Waals surface area (Å²) in [6.07, 6.45) is 4.35. The van der Waals surface area contributed by atoms with Crippen LogP contribution in [-0.4, -0.2) is 39.6 Å². The van der Waals surface area contributed by atoms with Gasteiger partial charge < -0.3 is 4.74 Å². The van der Waals surface area contributed by atoms with E-state index in [0.29, 0.717) is 12.1 Å². The van der Waals surface area contributed by atoms with Crippen molar-refractivity contribution in [1.29, 1.82) is 0 Å². The van der Waals surface area contributed by atoms with Gasteiger partial charge in [0.1, 0.15) is 6.10 Å². The van der Waals surface area contributed by atoms with Crippen molar-refractivity contribution in [2.45, 2.75) is 76.7 Å². The van der Waals surface area contributed by atoms with Gasteiger partial charge in [-0.05, 0) is 57.6 Å². The fourth-order valence-electron chi connectivity index (χ4n) is 4.51. The summed E-state index contributed by atoms with van der Waals surface area (Å²) in [4.78, 5) is 17.6. The number of rotatable bonds is 5. The molecule has 0 bridgehead atoms. The number of hydrogen-bond donors (Lipinski definition) is 0. The summed E-state index contributed by atoms with van der Waals surface area (Å²) in [6, 6.07) is 20.8. The Morgan fingerprint density at radius 3 is 2.17 bits per heavy atom. The van der Waals surface area contributed by atoms with Gasteiger partial charge >= 0.3 is 6.09 Å². The molecule has 1 aliphatic carbocycles. The molecule has 0 aromatic heterocycles. The maximum absolute atomic E-state index is 13.2. The second kappa shape index (κ2) is 8.43. The maximum Gasteiger partial charge on any atom is 0.410 e. The van der Waals surface area contributed by atoms with E-state index in [1.165, 1.54) is 18.4 Å². The first-order valence-corrected chi connectivity index (χ1v) is 11.2. The maximum atomic E-state index is 13.2. The quantitative estimate of drug-likeness (QED) is 0.646. The normalized spacial score (nSPS) is 20.7. The van der Waals surface area contributed by atoms with Crippen LogP contribution in [-0.2, 0) is 17.8 Å². The number of carbonyl (C=O) groups is 1. The van der Waals surface area contributed by atoms with E-state index in [9.17, 15) is 4.79 Å². The predicted octanol–water partition coefficient (Wildman–Crippen LogP) is 5.62. The molecule has 1 atom stereocenters. The molecule has 1 heterocycles. The lowest BCUT2D eigenvalue weighted by Crippen LogP contribution is -2.51. The molecule has 4 heteroatoms. The van der Waals surface area contributed by atoms with Gasteiger partial charge in [0.25, 0.3) is 0 Å². The number of piperidine rings is 1. The van der Waals surface area contributed by atoms with E-state index in [1.807, 2.05) is 23.1 Å². The molecule has 2 aromatic carbocycles. The van der Waals surface area contributed by atoms with E-state index in [0.717, 1.165) is 31.5 Å². The molecule has 4 nitrogen and oxygen atoms in total. The average Bonchev–Trinajstić information content (AvgIpc) is 3.50. The van der Waals surface area contributed by atoms with E-state index in [2.05, 4.69) is 68.1 Å². The Morgan fingerprint density at radius 2 is 1.60 bits per heavy atom. The van der Waals surface area contributed by atoms with Gasteiger partial charge in [-0.1, -0.05) is 60.7 Å². The largest absolute Gasteiger partial charge is 0.445 e. The molecule has 1 saturated heterocycles. The Kier molecular flexibility index (Phi) is 5.88. The fraction of sp³-hybridized carbons (Fsp3) is 0.500. The lowest BCUT2D eigenvalue weighted by molar-refractivity contribution is -0.0190. The van der Waals surface area contributed by atoms with Crippen LogP contribution >= 0.6 is 0 Å². The van der Waals surface area contributed by atoms with Crippen LogP contribution in [0.25, 0.3) is 0 Å². The smallest absolute Gasteiger partial charge is 0.410 e. The van der Waals surface area contributed by atoms with Gasteiger partial charge in [-0.25, -0.2) is 4.79 Å². The molecule has 1 spiro atoms. The van der Waals surface area contributed by atoms with Crippen LogP contribution in [0.2, 0.25) is 0 Å². The van der Waals surface area contributed by atoms with Gasteiger partial charge in [-0.15, -0.1) is 0 Å². The minimum Gasteiger partial charge on any atom is -0.445 e. The van der Waals surface area contributed by atoms with E-state index in [-0.39, 0.29) is 17.7 Å². The first-order chi connectivity index (χ1) is 14.4. The summed E-state index contributed by atoms with van der Waals surface area (Å²) in [6.45, 7) is 8.52. The predicted molar refractivity (Wildman–Crippen MR) is 120 cm³/mol. The molecule has 1 saturated carbocycles. The van der Waals surface area contributed by atoms with Crippen LogP contribution in [0.5, 0.6) is 0 Å². The number of nitrogens with zero attached hydrogens (tertiary/aromatic N) is 2. The van der Waals surface area contributed by atoms with Crippen molar-refractivity contribution in [2.75, 3.05) is 6.54 Å².